The van der Waals surface area contributed by atoms with Crippen molar-refractivity contribution in [3.8, 4) is 5.75 Å². The van der Waals surface area contributed by atoms with E-state index in [1.165, 1.54) is 6.07 Å². The average Bonchev–Trinajstić information content (AvgIpc) is 2.53. The van der Waals surface area contributed by atoms with Gasteiger partial charge in [-0.25, -0.2) is 0 Å². The van der Waals surface area contributed by atoms with Gasteiger partial charge < -0.3 is 15.1 Å². The van der Waals surface area contributed by atoms with Crippen LogP contribution in [0.1, 0.15) is 34.3 Å². The molecule has 23 heavy (non-hydrogen) atoms. The van der Waals surface area contributed by atoms with Crippen LogP contribution < -0.4 is 4.90 Å². The zero-order chi connectivity index (χ0) is 16.6. The summed E-state index contributed by atoms with van der Waals surface area (Å²) >= 11 is 0. The molecule has 1 unspecified atom stereocenters. The minimum absolute atomic E-state index is 0.00855. The Morgan fingerprint density at radius 3 is 2.48 bits per heavy atom. The van der Waals surface area contributed by atoms with Crippen molar-refractivity contribution >= 4 is 17.4 Å². The van der Waals surface area contributed by atoms with Gasteiger partial charge in [0, 0.05) is 17.8 Å². The normalized spacial score (nSPS) is 15.2. The average molecular weight is 311 g/mol. The van der Waals surface area contributed by atoms with Gasteiger partial charge >= 0.3 is 5.97 Å². The van der Waals surface area contributed by atoms with Crippen LogP contribution in [0.15, 0.2) is 42.5 Å². The molecule has 1 aliphatic heterocycles. The topological polar surface area (TPSA) is 77.8 Å². The molecule has 0 saturated carbocycles. The number of fused-ring (bicyclic) bond motifs is 1. The quantitative estimate of drug-likeness (QED) is 0.911. The highest BCUT2D eigenvalue weighted by molar-refractivity contribution is 6.02. The Hall–Kier alpha value is -2.82. The number of ketones is 1. The maximum Gasteiger partial charge on any atom is 0.310 e. The first-order valence-corrected chi connectivity index (χ1v) is 7.38. The number of carboxylic acid groups (broad SMARTS) is 1. The number of carbonyl (C=O) groups is 2. The van der Waals surface area contributed by atoms with E-state index in [-0.39, 0.29) is 18.1 Å². The molecule has 0 fully saturated rings. The van der Waals surface area contributed by atoms with E-state index in [0.717, 1.165) is 16.8 Å². The van der Waals surface area contributed by atoms with Gasteiger partial charge in [-0.3, -0.25) is 9.59 Å². The lowest BCUT2D eigenvalue weighted by atomic mass is 9.97. The summed E-state index contributed by atoms with van der Waals surface area (Å²) in [4.78, 5) is 25.2. The van der Waals surface area contributed by atoms with E-state index in [1.807, 2.05) is 17.0 Å². The molecule has 1 atom stereocenters. The van der Waals surface area contributed by atoms with Crippen molar-refractivity contribution in [2.75, 3.05) is 11.4 Å². The Labute approximate surface area is 133 Å². The minimum Gasteiger partial charge on any atom is -0.508 e. The molecule has 2 N–H and O–H groups in total. The predicted octanol–water partition coefficient (Wildman–Crippen LogP) is 2.78. The highest BCUT2D eigenvalue weighted by atomic mass is 16.4. The highest BCUT2D eigenvalue weighted by Gasteiger charge is 2.24. The molecule has 0 bridgehead atoms. The number of aliphatic carboxylic acids is 1. The molecule has 1 heterocycles. The lowest BCUT2D eigenvalue weighted by Gasteiger charge is -2.30. The number of carboxylic acids is 1. The van der Waals surface area contributed by atoms with Crippen LogP contribution in [-0.2, 0) is 11.3 Å². The molecule has 0 radical (unpaired) electrons. The summed E-state index contributed by atoms with van der Waals surface area (Å²) in [5.41, 5.74) is 3.02. The number of hydrogen-bond donors (Lipinski definition) is 2. The maximum absolute atomic E-state index is 12.2. The van der Waals surface area contributed by atoms with Crippen molar-refractivity contribution in [3.63, 3.8) is 0 Å². The summed E-state index contributed by atoms with van der Waals surface area (Å²) in [6, 6.07) is 12.0. The fourth-order valence-electron chi connectivity index (χ4n) is 2.80. The highest BCUT2D eigenvalue weighted by Crippen LogP contribution is 2.28. The Balaban J connectivity index is 1.86. The van der Waals surface area contributed by atoms with E-state index in [9.17, 15) is 14.7 Å². The molecule has 0 aromatic heterocycles. The lowest BCUT2D eigenvalue weighted by Crippen LogP contribution is -2.35. The van der Waals surface area contributed by atoms with Crippen molar-refractivity contribution in [2.45, 2.75) is 19.4 Å². The van der Waals surface area contributed by atoms with Crippen molar-refractivity contribution in [1.82, 2.24) is 0 Å². The number of phenolic OH excluding ortho intramolecular Hbond substituents is 1. The van der Waals surface area contributed by atoms with Gasteiger partial charge in [0.1, 0.15) is 5.75 Å². The van der Waals surface area contributed by atoms with Gasteiger partial charge in [-0.15, -0.1) is 0 Å². The minimum atomic E-state index is -0.865. The second-order valence-corrected chi connectivity index (χ2v) is 5.77. The van der Waals surface area contributed by atoms with E-state index < -0.39 is 11.9 Å². The Morgan fingerprint density at radius 1 is 1.13 bits per heavy atom. The number of phenols is 1. The predicted molar refractivity (Wildman–Crippen MR) is 86.0 cm³/mol. The molecule has 0 amide bonds. The number of aromatic hydroxyl groups is 1. The molecule has 118 valence electrons. The van der Waals surface area contributed by atoms with Crippen LogP contribution >= 0.6 is 0 Å². The Morgan fingerprint density at radius 2 is 1.83 bits per heavy atom. The molecule has 0 aliphatic carbocycles. The van der Waals surface area contributed by atoms with Gasteiger partial charge in [-0.05, 0) is 48.4 Å². The van der Waals surface area contributed by atoms with E-state index in [0.29, 0.717) is 12.1 Å². The summed E-state index contributed by atoms with van der Waals surface area (Å²) < 4.78 is 0. The van der Waals surface area contributed by atoms with Crippen LogP contribution in [-0.4, -0.2) is 28.5 Å². The maximum atomic E-state index is 12.2. The first kappa shape index (κ1) is 15.1. The molecular formula is C18H17NO4. The summed E-state index contributed by atoms with van der Waals surface area (Å²) in [6.45, 7) is 2.44. The Kier molecular flexibility index (Phi) is 3.78. The summed E-state index contributed by atoms with van der Waals surface area (Å²) in [7, 11) is 0. The molecule has 1 aliphatic rings. The third-order valence-electron chi connectivity index (χ3n) is 4.21. The van der Waals surface area contributed by atoms with Crippen molar-refractivity contribution in [1.29, 1.82) is 0 Å². The molecule has 5 heteroatoms. The van der Waals surface area contributed by atoms with Gasteiger partial charge in [0.05, 0.1) is 12.5 Å². The van der Waals surface area contributed by atoms with Crippen LogP contribution in [0, 0.1) is 0 Å². The number of hydrogen-bond acceptors (Lipinski definition) is 4. The Bertz CT molecular complexity index is 767. The molecule has 5 nitrogen and oxygen atoms in total. The number of Topliss-reactive ketones (excluding diaryl/α,β-unsaturated/α-hetero) is 1. The van der Waals surface area contributed by atoms with Crippen LogP contribution in [0.5, 0.6) is 5.75 Å². The lowest BCUT2D eigenvalue weighted by molar-refractivity contribution is -0.138. The van der Waals surface area contributed by atoms with Crippen LogP contribution in [0.3, 0.4) is 0 Å². The van der Waals surface area contributed by atoms with Gasteiger partial charge in [-0.2, -0.15) is 0 Å². The van der Waals surface area contributed by atoms with Gasteiger partial charge in [0.25, 0.3) is 0 Å². The summed E-state index contributed by atoms with van der Waals surface area (Å²) in [6.07, 6.45) is 0. The number of benzene rings is 2. The second kappa shape index (κ2) is 5.76. The third kappa shape index (κ3) is 2.90. The zero-order valence-electron chi connectivity index (χ0n) is 12.7. The van der Waals surface area contributed by atoms with Gasteiger partial charge in [0.2, 0.25) is 0 Å². The van der Waals surface area contributed by atoms with E-state index >= 15 is 0 Å². The monoisotopic (exact) mass is 311 g/mol. The van der Waals surface area contributed by atoms with Crippen molar-refractivity contribution in [2.24, 2.45) is 0 Å². The van der Waals surface area contributed by atoms with E-state index in [1.54, 1.807) is 31.2 Å². The smallest absolute Gasteiger partial charge is 0.310 e. The van der Waals surface area contributed by atoms with Crippen LogP contribution in [0.4, 0.5) is 5.69 Å². The van der Waals surface area contributed by atoms with Crippen molar-refractivity contribution < 1.29 is 19.8 Å². The first-order valence-electron chi connectivity index (χ1n) is 7.38. The summed E-state index contributed by atoms with van der Waals surface area (Å²) in [5, 5.41) is 18.6. The molecule has 2 aromatic rings. The number of carbonyl (C=O) groups excluding carboxylic acids is 1. The number of nitrogens with zero attached hydrogens (tertiary/aromatic N) is 1. The fraction of sp³-hybridized carbons (Fsp3) is 0.222. The second-order valence-electron chi connectivity index (χ2n) is 5.77. The van der Waals surface area contributed by atoms with Gasteiger partial charge in [-0.1, -0.05) is 12.1 Å². The van der Waals surface area contributed by atoms with E-state index in [4.69, 9.17) is 5.11 Å². The van der Waals surface area contributed by atoms with Crippen molar-refractivity contribution in [3.05, 3.63) is 59.2 Å². The standard InChI is InChI=1S/C18H17NO4/c1-11(18(22)23)12-2-4-14(5-3-12)19-9-13-8-15(20)6-7-16(13)17(21)10-19/h2-8,11,20H,9-10H2,1H3,(H,22,23). The zero-order valence-corrected chi connectivity index (χ0v) is 12.7. The van der Waals surface area contributed by atoms with Crippen LogP contribution in [0.2, 0.25) is 0 Å². The fourth-order valence-corrected chi connectivity index (χ4v) is 2.80. The molecule has 2 aromatic carbocycles. The first-order chi connectivity index (χ1) is 11.0. The number of anilines is 1. The third-order valence-corrected chi connectivity index (χ3v) is 4.21. The van der Waals surface area contributed by atoms with Gasteiger partial charge in [0.15, 0.2) is 5.78 Å². The number of rotatable bonds is 3. The summed E-state index contributed by atoms with van der Waals surface area (Å²) in [5.74, 6) is -1.28. The van der Waals surface area contributed by atoms with Crippen LogP contribution in [0.25, 0.3) is 0 Å². The molecule has 0 spiro atoms. The van der Waals surface area contributed by atoms with E-state index in [2.05, 4.69) is 0 Å². The molecule has 3 rings (SSSR count). The molecular weight excluding hydrogens is 294 g/mol. The SMILES string of the molecule is CC(C(=O)O)c1ccc(N2CC(=O)c3ccc(O)cc3C2)cc1. The molecule has 0 saturated heterocycles. The largest absolute Gasteiger partial charge is 0.508 e.